The maximum atomic E-state index is 13.1. The Balaban J connectivity index is 1.78. The van der Waals surface area contributed by atoms with E-state index in [1.165, 1.54) is 4.88 Å². The highest BCUT2D eigenvalue weighted by molar-refractivity contribution is 7.98. The second-order valence-electron chi connectivity index (χ2n) is 6.37. The average Bonchev–Trinajstić information content (AvgIpc) is 3.23. The van der Waals surface area contributed by atoms with Crippen LogP contribution >= 0.6 is 23.1 Å². The van der Waals surface area contributed by atoms with Crippen molar-refractivity contribution < 1.29 is 9.32 Å². The largest absolute Gasteiger partial charge is 0.335 e. The van der Waals surface area contributed by atoms with Gasteiger partial charge in [-0.2, -0.15) is 0 Å². The SMILES string of the molecule is CSc1ccc(NC(=O)c2cc(-c3cc(C)sc3C)nc3onc(C)c23)cn1. The first-order chi connectivity index (χ1) is 13.5. The summed E-state index contributed by atoms with van der Waals surface area (Å²) in [5, 5.41) is 8.43. The molecule has 4 aromatic heterocycles. The fraction of sp³-hybridized carbons (Fsp3) is 0.200. The van der Waals surface area contributed by atoms with Gasteiger partial charge in [0.05, 0.1) is 39.2 Å². The number of amides is 1. The van der Waals surface area contributed by atoms with Crippen LogP contribution in [0, 0.1) is 20.8 Å². The first-order valence-corrected chi connectivity index (χ1v) is 10.7. The molecule has 4 aromatic rings. The van der Waals surface area contributed by atoms with Gasteiger partial charge < -0.3 is 9.84 Å². The fourth-order valence-corrected chi connectivity index (χ4v) is 4.37. The number of aromatic nitrogens is 3. The zero-order valence-electron chi connectivity index (χ0n) is 15.9. The van der Waals surface area contributed by atoms with Gasteiger partial charge in [0.15, 0.2) is 0 Å². The highest BCUT2D eigenvalue weighted by Crippen LogP contribution is 2.33. The van der Waals surface area contributed by atoms with Gasteiger partial charge in [0.25, 0.3) is 11.6 Å². The summed E-state index contributed by atoms with van der Waals surface area (Å²) >= 11 is 3.25. The fourth-order valence-electron chi connectivity index (χ4n) is 3.07. The van der Waals surface area contributed by atoms with Gasteiger partial charge in [0.2, 0.25) is 0 Å². The lowest BCUT2D eigenvalue weighted by molar-refractivity contribution is 0.102. The number of carbonyl (C=O) groups excluding carboxylic acids is 1. The molecule has 0 saturated carbocycles. The van der Waals surface area contributed by atoms with E-state index in [9.17, 15) is 4.79 Å². The second kappa shape index (κ2) is 7.37. The number of fused-ring (bicyclic) bond motifs is 1. The van der Waals surface area contributed by atoms with Gasteiger partial charge in [-0.05, 0) is 51.3 Å². The summed E-state index contributed by atoms with van der Waals surface area (Å²) in [5.41, 5.74) is 3.81. The minimum atomic E-state index is -0.247. The minimum Gasteiger partial charge on any atom is -0.335 e. The van der Waals surface area contributed by atoms with Gasteiger partial charge in [-0.3, -0.25) is 4.79 Å². The highest BCUT2D eigenvalue weighted by Gasteiger charge is 2.20. The molecular formula is C20H18N4O2S2. The number of aryl methyl sites for hydroxylation is 3. The van der Waals surface area contributed by atoms with Crippen LogP contribution in [-0.2, 0) is 0 Å². The third-order valence-corrected chi connectivity index (χ3v) is 6.01. The van der Waals surface area contributed by atoms with E-state index in [2.05, 4.69) is 33.4 Å². The third kappa shape index (κ3) is 3.41. The van der Waals surface area contributed by atoms with Crippen molar-refractivity contribution in [2.75, 3.05) is 11.6 Å². The van der Waals surface area contributed by atoms with Crippen molar-refractivity contribution in [2.24, 2.45) is 0 Å². The number of rotatable bonds is 4. The van der Waals surface area contributed by atoms with Crippen molar-refractivity contribution in [3.8, 4) is 11.3 Å². The summed E-state index contributed by atoms with van der Waals surface area (Å²) in [6.07, 6.45) is 3.61. The highest BCUT2D eigenvalue weighted by atomic mass is 32.2. The Morgan fingerprint density at radius 3 is 2.68 bits per heavy atom. The number of thiophene rings is 1. The molecule has 28 heavy (non-hydrogen) atoms. The normalized spacial score (nSPS) is 11.1. The van der Waals surface area contributed by atoms with Crippen LogP contribution < -0.4 is 5.32 Å². The number of hydrogen-bond donors (Lipinski definition) is 1. The lowest BCUT2D eigenvalue weighted by Crippen LogP contribution is -2.13. The quantitative estimate of drug-likeness (QED) is 0.463. The summed E-state index contributed by atoms with van der Waals surface area (Å²) < 4.78 is 5.38. The smallest absolute Gasteiger partial charge is 0.259 e. The van der Waals surface area contributed by atoms with E-state index in [-0.39, 0.29) is 5.91 Å². The summed E-state index contributed by atoms with van der Waals surface area (Å²) in [5.74, 6) is -0.247. The molecule has 0 atom stereocenters. The van der Waals surface area contributed by atoms with E-state index < -0.39 is 0 Å². The molecule has 0 unspecified atom stereocenters. The molecule has 0 aliphatic heterocycles. The predicted molar refractivity (Wildman–Crippen MR) is 113 cm³/mol. The lowest BCUT2D eigenvalue weighted by atomic mass is 10.1. The van der Waals surface area contributed by atoms with Crippen molar-refractivity contribution in [3.05, 3.63) is 51.5 Å². The van der Waals surface area contributed by atoms with Crippen molar-refractivity contribution >= 4 is 45.8 Å². The predicted octanol–water partition coefficient (Wildman–Crippen LogP) is 5.25. The van der Waals surface area contributed by atoms with Crippen molar-refractivity contribution in [1.29, 1.82) is 0 Å². The lowest BCUT2D eigenvalue weighted by Gasteiger charge is -2.08. The van der Waals surface area contributed by atoms with Crippen LogP contribution in [-0.4, -0.2) is 27.3 Å². The van der Waals surface area contributed by atoms with Crippen LogP contribution in [0.5, 0.6) is 0 Å². The van der Waals surface area contributed by atoms with Gasteiger partial charge in [0.1, 0.15) is 0 Å². The maximum absolute atomic E-state index is 13.1. The van der Waals surface area contributed by atoms with Crippen molar-refractivity contribution in [1.82, 2.24) is 15.1 Å². The average molecular weight is 411 g/mol. The Bertz CT molecular complexity index is 1180. The molecule has 0 aromatic carbocycles. The summed E-state index contributed by atoms with van der Waals surface area (Å²) in [6, 6.07) is 7.59. The van der Waals surface area contributed by atoms with Crippen LogP contribution in [0.25, 0.3) is 22.4 Å². The molecule has 8 heteroatoms. The molecule has 4 rings (SSSR count). The standard InChI is InChI=1S/C20H18N4O2S2/c1-10-7-14(12(3)28-10)16-8-15(18-11(2)24-26-20(18)23-16)19(25)22-13-5-6-17(27-4)21-9-13/h5-9H,1-4H3,(H,22,25). The molecule has 0 aliphatic carbocycles. The van der Waals surface area contributed by atoms with Crippen LogP contribution in [0.4, 0.5) is 5.69 Å². The number of carbonyl (C=O) groups is 1. The van der Waals surface area contributed by atoms with Crippen molar-refractivity contribution in [2.45, 2.75) is 25.8 Å². The van der Waals surface area contributed by atoms with E-state index in [4.69, 9.17) is 4.52 Å². The van der Waals surface area contributed by atoms with Gasteiger partial charge in [-0.15, -0.1) is 23.1 Å². The van der Waals surface area contributed by atoms with E-state index in [0.717, 1.165) is 15.5 Å². The first-order valence-electron chi connectivity index (χ1n) is 8.62. The van der Waals surface area contributed by atoms with E-state index in [1.807, 2.05) is 25.3 Å². The van der Waals surface area contributed by atoms with Gasteiger partial charge in [-0.25, -0.2) is 9.97 Å². The molecule has 1 amide bonds. The summed E-state index contributed by atoms with van der Waals surface area (Å²) in [4.78, 5) is 24.3. The number of pyridine rings is 2. The number of nitrogens with one attached hydrogen (secondary N) is 1. The van der Waals surface area contributed by atoms with E-state index in [0.29, 0.717) is 33.7 Å². The molecule has 0 aliphatic rings. The number of anilines is 1. The van der Waals surface area contributed by atoms with Crippen LogP contribution in [0.2, 0.25) is 0 Å². The van der Waals surface area contributed by atoms with E-state index in [1.54, 1.807) is 42.3 Å². The molecule has 0 bridgehead atoms. The number of nitrogens with zero attached hydrogens (tertiary/aromatic N) is 3. The van der Waals surface area contributed by atoms with Crippen molar-refractivity contribution in [3.63, 3.8) is 0 Å². The zero-order valence-corrected chi connectivity index (χ0v) is 17.5. The summed E-state index contributed by atoms with van der Waals surface area (Å²) in [6.45, 7) is 5.90. The molecule has 1 N–H and O–H groups in total. The Morgan fingerprint density at radius 1 is 1.21 bits per heavy atom. The third-order valence-electron chi connectivity index (χ3n) is 4.38. The Labute approximate surface area is 170 Å². The van der Waals surface area contributed by atoms with Crippen LogP contribution in [0.1, 0.15) is 25.8 Å². The van der Waals surface area contributed by atoms with E-state index >= 15 is 0 Å². The molecule has 0 saturated heterocycles. The molecular weight excluding hydrogens is 392 g/mol. The Hall–Kier alpha value is -2.71. The topological polar surface area (TPSA) is 80.9 Å². The molecule has 4 heterocycles. The van der Waals surface area contributed by atoms with Crippen LogP contribution in [0.15, 0.2) is 40.0 Å². The Morgan fingerprint density at radius 2 is 2.04 bits per heavy atom. The van der Waals surface area contributed by atoms with Gasteiger partial charge in [0, 0.05) is 15.3 Å². The molecule has 142 valence electrons. The monoisotopic (exact) mass is 410 g/mol. The maximum Gasteiger partial charge on any atom is 0.259 e. The molecule has 6 nitrogen and oxygen atoms in total. The summed E-state index contributed by atoms with van der Waals surface area (Å²) in [7, 11) is 0. The number of hydrogen-bond acceptors (Lipinski definition) is 7. The molecule has 0 fully saturated rings. The van der Waals surface area contributed by atoms with Gasteiger partial charge >= 0.3 is 0 Å². The molecule has 0 radical (unpaired) electrons. The first kappa shape index (κ1) is 18.6. The van der Waals surface area contributed by atoms with Crippen LogP contribution in [0.3, 0.4) is 0 Å². The number of thioether (sulfide) groups is 1. The minimum absolute atomic E-state index is 0.247. The second-order valence-corrected chi connectivity index (χ2v) is 8.66. The zero-order chi connectivity index (χ0) is 19.8. The van der Waals surface area contributed by atoms with Gasteiger partial charge in [-0.1, -0.05) is 5.16 Å². The Kier molecular flexibility index (Phi) is 4.91. The molecule has 0 spiro atoms.